The van der Waals surface area contributed by atoms with Crippen LogP contribution in [0.2, 0.25) is 0 Å². The molecule has 7 heteroatoms. The van der Waals surface area contributed by atoms with Gasteiger partial charge in [0, 0.05) is 24.7 Å². The average molecular weight is 297 g/mol. The first-order chi connectivity index (χ1) is 9.93. The van der Waals surface area contributed by atoms with E-state index in [1.54, 1.807) is 0 Å². The van der Waals surface area contributed by atoms with E-state index in [1.807, 2.05) is 0 Å². The smallest absolute Gasteiger partial charge is 0.313 e. The van der Waals surface area contributed by atoms with Crippen molar-refractivity contribution in [3.8, 4) is 5.75 Å². The highest BCUT2D eigenvalue weighted by molar-refractivity contribution is 5.59. The number of nitro groups is 1. The van der Waals surface area contributed by atoms with E-state index in [0.29, 0.717) is 12.6 Å². The SMILES string of the molecule is COc1cc(NCC(C)N(C)C2CC2)c(F)cc1[N+](=O)[O-]. The van der Waals surface area contributed by atoms with Gasteiger partial charge in [-0.05, 0) is 26.8 Å². The molecule has 0 amide bonds. The molecule has 1 aliphatic carbocycles. The quantitative estimate of drug-likeness (QED) is 0.619. The van der Waals surface area contributed by atoms with E-state index in [1.165, 1.54) is 26.0 Å². The van der Waals surface area contributed by atoms with Crippen LogP contribution in [0.3, 0.4) is 0 Å². The molecule has 0 aromatic heterocycles. The number of ether oxygens (including phenoxy) is 1. The topological polar surface area (TPSA) is 67.6 Å². The summed E-state index contributed by atoms with van der Waals surface area (Å²) in [5.41, 5.74) is -0.155. The second kappa shape index (κ2) is 6.26. The van der Waals surface area contributed by atoms with Gasteiger partial charge < -0.3 is 10.1 Å². The Balaban J connectivity index is 2.07. The minimum absolute atomic E-state index is 0.0482. The van der Waals surface area contributed by atoms with Crippen molar-refractivity contribution in [1.29, 1.82) is 0 Å². The van der Waals surface area contributed by atoms with Crippen molar-refractivity contribution in [3.05, 3.63) is 28.1 Å². The van der Waals surface area contributed by atoms with Crippen LogP contribution in [0.1, 0.15) is 19.8 Å². The Bertz CT molecular complexity index is 534. The Hall–Kier alpha value is -1.89. The standard InChI is InChI=1S/C14H20FN3O3/c1-9(17(2)10-4-5-10)8-16-12-7-14(21-3)13(18(19)20)6-11(12)15/h6-7,9-10,16H,4-5,8H2,1-3H3. The van der Waals surface area contributed by atoms with Crippen molar-refractivity contribution in [3.63, 3.8) is 0 Å². The van der Waals surface area contributed by atoms with Crippen molar-refractivity contribution < 1.29 is 14.1 Å². The summed E-state index contributed by atoms with van der Waals surface area (Å²) in [5, 5.41) is 13.8. The van der Waals surface area contributed by atoms with Crippen LogP contribution in [-0.4, -0.2) is 42.6 Å². The second-order valence-electron chi connectivity index (χ2n) is 5.39. The maximum atomic E-state index is 13.9. The summed E-state index contributed by atoms with van der Waals surface area (Å²) in [6.07, 6.45) is 2.42. The Kier molecular flexibility index (Phi) is 4.62. The van der Waals surface area contributed by atoms with E-state index in [-0.39, 0.29) is 23.2 Å². The third-order valence-electron chi connectivity index (χ3n) is 3.87. The van der Waals surface area contributed by atoms with Crippen LogP contribution in [0.25, 0.3) is 0 Å². The van der Waals surface area contributed by atoms with E-state index in [9.17, 15) is 14.5 Å². The number of hydrogen-bond donors (Lipinski definition) is 1. The fraction of sp³-hybridized carbons (Fsp3) is 0.571. The van der Waals surface area contributed by atoms with E-state index < -0.39 is 10.7 Å². The molecule has 6 nitrogen and oxygen atoms in total. The van der Waals surface area contributed by atoms with Crippen molar-refractivity contribution in [2.45, 2.75) is 31.8 Å². The van der Waals surface area contributed by atoms with E-state index in [2.05, 4.69) is 24.2 Å². The van der Waals surface area contributed by atoms with Crippen LogP contribution in [0.4, 0.5) is 15.8 Å². The summed E-state index contributed by atoms with van der Waals surface area (Å²) in [6, 6.07) is 3.09. The number of rotatable bonds is 7. The van der Waals surface area contributed by atoms with Crippen LogP contribution < -0.4 is 10.1 Å². The largest absolute Gasteiger partial charge is 0.490 e. The molecular weight excluding hydrogens is 277 g/mol. The van der Waals surface area contributed by atoms with Crippen molar-refractivity contribution >= 4 is 11.4 Å². The molecule has 0 heterocycles. The van der Waals surface area contributed by atoms with Gasteiger partial charge in [0.25, 0.3) is 0 Å². The Morgan fingerprint density at radius 1 is 1.57 bits per heavy atom. The maximum absolute atomic E-state index is 13.9. The van der Waals surface area contributed by atoms with Crippen LogP contribution in [0, 0.1) is 15.9 Å². The lowest BCUT2D eigenvalue weighted by molar-refractivity contribution is -0.385. The molecule has 0 radical (unpaired) electrons. The average Bonchev–Trinajstić information content (AvgIpc) is 3.28. The summed E-state index contributed by atoms with van der Waals surface area (Å²) in [7, 11) is 3.38. The minimum atomic E-state index is -0.658. The zero-order valence-corrected chi connectivity index (χ0v) is 12.4. The van der Waals surface area contributed by atoms with E-state index in [0.717, 1.165) is 6.07 Å². The normalized spacial score (nSPS) is 15.9. The first kappa shape index (κ1) is 15.5. The zero-order chi connectivity index (χ0) is 15.6. The number of anilines is 1. The number of nitrogens with one attached hydrogen (secondary N) is 1. The highest BCUT2D eigenvalue weighted by atomic mass is 19.1. The number of nitrogens with zero attached hydrogens (tertiary/aromatic N) is 2. The molecule has 0 spiro atoms. The van der Waals surface area contributed by atoms with Crippen molar-refractivity contribution in [1.82, 2.24) is 4.90 Å². The predicted molar refractivity (Wildman–Crippen MR) is 78.3 cm³/mol. The van der Waals surface area contributed by atoms with Gasteiger partial charge in [-0.2, -0.15) is 0 Å². The second-order valence-corrected chi connectivity index (χ2v) is 5.39. The molecule has 1 fully saturated rings. The van der Waals surface area contributed by atoms with Gasteiger partial charge in [0.1, 0.15) is 0 Å². The van der Waals surface area contributed by atoms with Gasteiger partial charge in [0.05, 0.1) is 23.8 Å². The lowest BCUT2D eigenvalue weighted by Crippen LogP contribution is -2.36. The molecule has 0 saturated heterocycles. The molecular formula is C14H20FN3O3. The molecule has 0 aliphatic heterocycles. The highest BCUT2D eigenvalue weighted by Crippen LogP contribution is 2.32. The molecule has 1 N–H and O–H groups in total. The Morgan fingerprint density at radius 2 is 2.24 bits per heavy atom. The zero-order valence-electron chi connectivity index (χ0n) is 12.4. The molecule has 21 heavy (non-hydrogen) atoms. The minimum Gasteiger partial charge on any atom is -0.490 e. The number of methoxy groups -OCH3 is 1. The number of nitro benzene ring substituents is 1. The van der Waals surface area contributed by atoms with Gasteiger partial charge in [-0.15, -0.1) is 0 Å². The van der Waals surface area contributed by atoms with Gasteiger partial charge in [-0.1, -0.05) is 0 Å². The summed E-state index contributed by atoms with van der Waals surface area (Å²) in [4.78, 5) is 12.4. The lowest BCUT2D eigenvalue weighted by Gasteiger charge is -2.25. The monoisotopic (exact) mass is 297 g/mol. The summed E-state index contributed by atoms with van der Waals surface area (Å²) >= 11 is 0. The Labute approximate surface area is 123 Å². The third kappa shape index (κ3) is 3.60. The van der Waals surface area contributed by atoms with E-state index >= 15 is 0 Å². The summed E-state index contributed by atoms with van der Waals surface area (Å²) in [5.74, 6) is -0.601. The van der Waals surface area contributed by atoms with Gasteiger partial charge in [0.2, 0.25) is 0 Å². The van der Waals surface area contributed by atoms with Gasteiger partial charge >= 0.3 is 5.69 Å². The van der Waals surface area contributed by atoms with Crippen LogP contribution >= 0.6 is 0 Å². The first-order valence-electron chi connectivity index (χ1n) is 6.91. The van der Waals surface area contributed by atoms with Crippen LogP contribution in [-0.2, 0) is 0 Å². The molecule has 1 atom stereocenters. The summed E-state index contributed by atoms with van der Waals surface area (Å²) in [6.45, 7) is 2.62. The highest BCUT2D eigenvalue weighted by Gasteiger charge is 2.29. The Morgan fingerprint density at radius 3 is 2.76 bits per heavy atom. The molecule has 1 aromatic rings. The first-order valence-corrected chi connectivity index (χ1v) is 6.91. The number of benzene rings is 1. The van der Waals surface area contributed by atoms with Crippen molar-refractivity contribution in [2.24, 2.45) is 0 Å². The molecule has 2 rings (SSSR count). The fourth-order valence-electron chi connectivity index (χ4n) is 2.23. The molecule has 1 unspecified atom stereocenters. The van der Waals surface area contributed by atoms with Gasteiger partial charge in [-0.3, -0.25) is 15.0 Å². The molecule has 1 aliphatic rings. The van der Waals surface area contributed by atoms with E-state index in [4.69, 9.17) is 4.74 Å². The molecule has 1 saturated carbocycles. The third-order valence-corrected chi connectivity index (χ3v) is 3.87. The van der Waals surface area contributed by atoms with Crippen molar-refractivity contribution in [2.75, 3.05) is 26.0 Å². The predicted octanol–water partition coefficient (Wildman–Crippen LogP) is 2.64. The van der Waals surface area contributed by atoms with Crippen LogP contribution in [0.5, 0.6) is 5.75 Å². The molecule has 0 bridgehead atoms. The van der Waals surface area contributed by atoms with Gasteiger partial charge in [0.15, 0.2) is 11.6 Å². The lowest BCUT2D eigenvalue weighted by atomic mass is 10.2. The molecule has 1 aromatic carbocycles. The van der Waals surface area contributed by atoms with Gasteiger partial charge in [-0.25, -0.2) is 4.39 Å². The number of halogens is 1. The fourth-order valence-corrected chi connectivity index (χ4v) is 2.23. The van der Waals surface area contributed by atoms with Crippen LogP contribution in [0.15, 0.2) is 12.1 Å². The number of hydrogen-bond acceptors (Lipinski definition) is 5. The number of likely N-dealkylation sites (N-methyl/N-ethyl adjacent to an activating group) is 1. The molecule has 116 valence electrons. The summed E-state index contributed by atoms with van der Waals surface area (Å²) < 4.78 is 18.9. The maximum Gasteiger partial charge on any atom is 0.313 e.